The van der Waals surface area contributed by atoms with Crippen LogP contribution in [0.15, 0.2) is 18.2 Å². The van der Waals surface area contributed by atoms with E-state index in [0.717, 1.165) is 5.56 Å². The second kappa shape index (κ2) is 2.99. The minimum Gasteiger partial charge on any atom is -0.243 e. The van der Waals surface area contributed by atoms with Crippen LogP contribution < -0.4 is 0 Å². The molecule has 1 rings (SSSR count). The highest BCUT2D eigenvalue weighted by Gasteiger charge is 2.06. The molecular weight excluding hydrogens is 146 g/mol. The summed E-state index contributed by atoms with van der Waals surface area (Å²) in [5.41, 5.74) is 1.23. The van der Waals surface area contributed by atoms with Gasteiger partial charge in [0.1, 0.15) is 12.0 Å². The van der Waals surface area contributed by atoms with Crippen molar-refractivity contribution < 1.29 is 8.78 Å². The topological polar surface area (TPSA) is 0 Å². The number of halogens is 2. The van der Waals surface area contributed by atoms with E-state index in [2.05, 4.69) is 0 Å². The van der Waals surface area contributed by atoms with Crippen molar-refractivity contribution in [3.63, 3.8) is 0 Å². The first-order valence-corrected chi connectivity index (χ1v) is 3.51. The minimum atomic E-state index is -1.09. The zero-order valence-corrected chi connectivity index (χ0v) is 6.57. The lowest BCUT2D eigenvalue weighted by atomic mass is 10.1. The highest BCUT2D eigenvalue weighted by atomic mass is 19.1. The van der Waals surface area contributed by atoms with Gasteiger partial charge in [0.2, 0.25) is 0 Å². The quantitative estimate of drug-likeness (QED) is 0.585. The molecule has 0 aliphatic rings. The van der Waals surface area contributed by atoms with Crippen molar-refractivity contribution in [1.29, 1.82) is 0 Å². The Morgan fingerprint density at radius 3 is 2.45 bits per heavy atom. The molecule has 2 heteroatoms. The van der Waals surface area contributed by atoms with Crippen molar-refractivity contribution in [2.24, 2.45) is 0 Å². The summed E-state index contributed by atoms with van der Waals surface area (Å²) in [4.78, 5) is 0. The Morgan fingerprint density at radius 1 is 1.36 bits per heavy atom. The monoisotopic (exact) mass is 156 g/mol. The molecular formula is C9H10F2. The molecule has 1 aromatic rings. The first kappa shape index (κ1) is 8.18. The van der Waals surface area contributed by atoms with Crippen molar-refractivity contribution in [2.75, 3.05) is 0 Å². The Labute approximate surface area is 64.9 Å². The maximum absolute atomic E-state index is 12.7. The molecule has 0 radical (unpaired) electrons. The van der Waals surface area contributed by atoms with Crippen LogP contribution in [0.2, 0.25) is 0 Å². The van der Waals surface area contributed by atoms with Gasteiger partial charge in [0.25, 0.3) is 0 Å². The molecule has 60 valence electrons. The third-order valence-electron chi connectivity index (χ3n) is 1.67. The van der Waals surface area contributed by atoms with Crippen LogP contribution in [-0.2, 0) is 0 Å². The fraction of sp³-hybridized carbons (Fsp3) is 0.333. The van der Waals surface area contributed by atoms with E-state index in [1.807, 2.05) is 0 Å². The summed E-state index contributed by atoms with van der Waals surface area (Å²) in [5.74, 6) is -0.380. The zero-order chi connectivity index (χ0) is 8.43. The van der Waals surface area contributed by atoms with Gasteiger partial charge < -0.3 is 0 Å². The third kappa shape index (κ3) is 1.76. The van der Waals surface area contributed by atoms with E-state index in [-0.39, 0.29) is 5.82 Å². The van der Waals surface area contributed by atoms with Crippen LogP contribution in [0.5, 0.6) is 0 Å². The van der Waals surface area contributed by atoms with E-state index in [4.69, 9.17) is 0 Å². The van der Waals surface area contributed by atoms with Gasteiger partial charge in [-0.3, -0.25) is 0 Å². The minimum absolute atomic E-state index is 0.380. The molecule has 1 aromatic carbocycles. The van der Waals surface area contributed by atoms with Crippen LogP contribution in [0.3, 0.4) is 0 Å². The van der Waals surface area contributed by atoms with E-state index in [1.54, 1.807) is 13.0 Å². The van der Waals surface area contributed by atoms with Crippen LogP contribution in [0.1, 0.15) is 24.2 Å². The lowest BCUT2D eigenvalue weighted by Crippen LogP contribution is -1.91. The molecule has 1 atom stereocenters. The van der Waals surface area contributed by atoms with Crippen molar-refractivity contribution in [3.05, 3.63) is 35.1 Å². The Morgan fingerprint density at radius 2 is 2.00 bits per heavy atom. The van der Waals surface area contributed by atoms with E-state index in [0.29, 0.717) is 5.56 Å². The predicted molar refractivity (Wildman–Crippen MR) is 40.7 cm³/mol. The predicted octanol–water partition coefficient (Wildman–Crippen LogP) is 3.16. The standard InChI is InChI=1S/C9H10F2/c1-6-3-4-8(11)5-9(6)7(2)10/h3-5,7H,1-2H3. The van der Waals surface area contributed by atoms with Crippen LogP contribution in [0.25, 0.3) is 0 Å². The molecule has 0 heterocycles. The fourth-order valence-electron chi connectivity index (χ4n) is 1.04. The smallest absolute Gasteiger partial charge is 0.123 e. The Bertz CT molecular complexity index is 254. The van der Waals surface area contributed by atoms with Crippen molar-refractivity contribution in [3.8, 4) is 0 Å². The number of hydrogen-bond acceptors (Lipinski definition) is 0. The van der Waals surface area contributed by atoms with Crippen molar-refractivity contribution in [2.45, 2.75) is 20.0 Å². The van der Waals surface area contributed by atoms with Crippen LogP contribution in [-0.4, -0.2) is 0 Å². The van der Waals surface area contributed by atoms with Gasteiger partial charge in [0, 0.05) is 0 Å². The van der Waals surface area contributed by atoms with Gasteiger partial charge in [0.05, 0.1) is 0 Å². The molecule has 0 saturated heterocycles. The Balaban J connectivity index is 3.13. The molecule has 0 aromatic heterocycles. The molecule has 0 aliphatic carbocycles. The average molecular weight is 156 g/mol. The molecule has 1 unspecified atom stereocenters. The lowest BCUT2D eigenvalue weighted by molar-refractivity contribution is 0.371. The second-order valence-corrected chi connectivity index (χ2v) is 2.62. The third-order valence-corrected chi connectivity index (χ3v) is 1.67. The zero-order valence-electron chi connectivity index (χ0n) is 6.57. The molecule has 0 N–H and O–H groups in total. The average Bonchev–Trinajstić information content (AvgIpc) is 1.94. The van der Waals surface area contributed by atoms with Crippen LogP contribution >= 0.6 is 0 Å². The van der Waals surface area contributed by atoms with Gasteiger partial charge >= 0.3 is 0 Å². The lowest BCUT2D eigenvalue weighted by Gasteiger charge is -2.05. The highest BCUT2D eigenvalue weighted by Crippen LogP contribution is 2.20. The molecule has 0 fully saturated rings. The Hall–Kier alpha value is -0.920. The van der Waals surface area contributed by atoms with Gasteiger partial charge in [-0.05, 0) is 37.1 Å². The van der Waals surface area contributed by atoms with E-state index < -0.39 is 6.17 Å². The number of hydrogen-bond donors (Lipinski definition) is 0. The van der Waals surface area contributed by atoms with Crippen molar-refractivity contribution >= 4 is 0 Å². The normalized spacial score (nSPS) is 13.1. The maximum atomic E-state index is 12.7. The van der Waals surface area contributed by atoms with E-state index in [1.165, 1.54) is 19.1 Å². The molecule has 0 aliphatic heterocycles. The molecule has 0 amide bonds. The van der Waals surface area contributed by atoms with Gasteiger partial charge in [-0.15, -0.1) is 0 Å². The molecule has 0 spiro atoms. The largest absolute Gasteiger partial charge is 0.243 e. The maximum Gasteiger partial charge on any atom is 0.123 e. The summed E-state index contributed by atoms with van der Waals surface area (Å²) in [6, 6.07) is 4.15. The summed E-state index contributed by atoms with van der Waals surface area (Å²) in [7, 11) is 0. The van der Waals surface area contributed by atoms with E-state index in [9.17, 15) is 8.78 Å². The van der Waals surface area contributed by atoms with Crippen molar-refractivity contribution in [1.82, 2.24) is 0 Å². The van der Waals surface area contributed by atoms with Gasteiger partial charge in [-0.25, -0.2) is 8.78 Å². The second-order valence-electron chi connectivity index (χ2n) is 2.62. The number of benzene rings is 1. The summed E-state index contributed by atoms with van der Waals surface area (Å²) in [5, 5.41) is 0. The van der Waals surface area contributed by atoms with Gasteiger partial charge in [0.15, 0.2) is 0 Å². The molecule has 0 saturated carbocycles. The summed E-state index contributed by atoms with van der Waals surface area (Å²) >= 11 is 0. The molecule has 0 nitrogen and oxygen atoms in total. The van der Waals surface area contributed by atoms with Gasteiger partial charge in [-0.2, -0.15) is 0 Å². The first-order chi connectivity index (χ1) is 5.11. The first-order valence-electron chi connectivity index (χ1n) is 3.51. The Kier molecular flexibility index (Phi) is 2.22. The number of alkyl halides is 1. The SMILES string of the molecule is Cc1ccc(F)cc1C(C)F. The summed E-state index contributed by atoms with van der Waals surface area (Å²) in [6.07, 6.45) is -1.09. The van der Waals surface area contributed by atoms with Crippen LogP contribution in [0, 0.1) is 12.7 Å². The summed E-state index contributed by atoms with van der Waals surface area (Å²) < 4.78 is 25.2. The number of aryl methyl sites for hydroxylation is 1. The summed E-state index contributed by atoms with van der Waals surface area (Å²) in [6.45, 7) is 3.17. The molecule has 0 bridgehead atoms. The molecule has 11 heavy (non-hydrogen) atoms. The van der Waals surface area contributed by atoms with Crippen LogP contribution in [0.4, 0.5) is 8.78 Å². The van der Waals surface area contributed by atoms with E-state index >= 15 is 0 Å². The van der Waals surface area contributed by atoms with Gasteiger partial charge in [-0.1, -0.05) is 6.07 Å². The fourth-order valence-corrected chi connectivity index (χ4v) is 1.04. The highest BCUT2D eigenvalue weighted by molar-refractivity contribution is 5.28. The number of rotatable bonds is 1.